The van der Waals surface area contributed by atoms with Crippen LogP contribution in [0.2, 0.25) is 0 Å². The Hall–Kier alpha value is -2.14. The van der Waals surface area contributed by atoms with Crippen molar-refractivity contribution in [1.82, 2.24) is 5.32 Å². The number of carboxylic acids is 1. The highest BCUT2D eigenvalue weighted by Gasteiger charge is 2.26. The number of hydrogen-bond acceptors (Lipinski definition) is 3. The molecule has 1 rings (SSSR count). The molecular formula is C15H19NO4. The van der Waals surface area contributed by atoms with Gasteiger partial charge in [-0.05, 0) is 37.1 Å². The summed E-state index contributed by atoms with van der Waals surface area (Å²) in [5.41, 5.74) is 0.781. The minimum atomic E-state index is -0.995. The Kier molecular flexibility index (Phi) is 5.46. The van der Waals surface area contributed by atoms with Crippen molar-refractivity contribution in [3.63, 3.8) is 0 Å². The third-order valence-electron chi connectivity index (χ3n) is 2.88. The molecule has 0 aliphatic carbocycles. The fourth-order valence-electron chi connectivity index (χ4n) is 1.46. The van der Waals surface area contributed by atoms with Crippen LogP contribution in [0.3, 0.4) is 0 Å². The first-order valence-corrected chi connectivity index (χ1v) is 6.18. The fourth-order valence-corrected chi connectivity index (χ4v) is 1.46. The van der Waals surface area contributed by atoms with Crippen molar-refractivity contribution in [2.75, 3.05) is 7.11 Å². The van der Waals surface area contributed by atoms with Crippen LogP contribution in [-0.2, 0) is 20.9 Å². The van der Waals surface area contributed by atoms with Crippen molar-refractivity contribution < 1.29 is 19.4 Å². The van der Waals surface area contributed by atoms with Crippen molar-refractivity contribution in [2.45, 2.75) is 26.0 Å². The fraction of sp³-hybridized carbons (Fsp3) is 0.333. The largest absolute Gasteiger partial charge is 0.478 e. The molecule has 0 saturated carbocycles. The average molecular weight is 277 g/mol. The Bertz CT molecular complexity index is 520. The third kappa shape index (κ3) is 4.85. The summed E-state index contributed by atoms with van der Waals surface area (Å²) in [6.07, 6.45) is 2.58. The molecule has 1 aromatic carbocycles. The lowest BCUT2D eigenvalue weighted by Crippen LogP contribution is -2.43. The van der Waals surface area contributed by atoms with E-state index < -0.39 is 11.6 Å². The van der Waals surface area contributed by atoms with Gasteiger partial charge in [0.1, 0.15) is 5.60 Å². The number of amides is 1. The van der Waals surface area contributed by atoms with E-state index >= 15 is 0 Å². The number of hydrogen-bond donors (Lipinski definition) is 2. The molecule has 1 aromatic rings. The van der Waals surface area contributed by atoms with E-state index in [1.54, 1.807) is 19.9 Å². The Morgan fingerprint density at radius 1 is 1.40 bits per heavy atom. The van der Waals surface area contributed by atoms with E-state index in [4.69, 9.17) is 9.84 Å². The van der Waals surface area contributed by atoms with E-state index in [1.807, 2.05) is 18.2 Å². The summed E-state index contributed by atoms with van der Waals surface area (Å²) < 4.78 is 5.09. The van der Waals surface area contributed by atoms with Gasteiger partial charge in [0.05, 0.1) is 0 Å². The van der Waals surface area contributed by atoms with Gasteiger partial charge in [0.15, 0.2) is 0 Å². The number of benzene rings is 1. The number of aliphatic carboxylic acids is 1. The van der Waals surface area contributed by atoms with Crippen LogP contribution in [0.1, 0.15) is 25.0 Å². The van der Waals surface area contributed by atoms with Crippen LogP contribution in [0.4, 0.5) is 0 Å². The number of carbonyl (C=O) groups is 2. The Morgan fingerprint density at radius 3 is 2.70 bits per heavy atom. The molecule has 0 aromatic heterocycles. The third-order valence-corrected chi connectivity index (χ3v) is 2.88. The molecule has 0 aliphatic heterocycles. The molecule has 2 N–H and O–H groups in total. The van der Waals surface area contributed by atoms with E-state index in [1.165, 1.54) is 13.2 Å². The Labute approximate surface area is 118 Å². The molecule has 108 valence electrons. The summed E-state index contributed by atoms with van der Waals surface area (Å²) in [4.78, 5) is 22.3. The van der Waals surface area contributed by atoms with Crippen LogP contribution in [-0.4, -0.2) is 29.7 Å². The molecule has 0 saturated heterocycles. The van der Waals surface area contributed by atoms with Gasteiger partial charge in [-0.25, -0.2) is 4.79 Å². The number of carbonyl (C=O) groups excluding carboxylic acids is 1. The van der Waals surface area contributed by atoms with Crippen LogP contribution in [0, 0.1) is 0 Å². The highest BCUT2D eigenvalue weighted by atomic mass is 16.5. The second-order valence-corrected chi connectivity index (χ2v) is 4.81. The minimum Gasteiger partial charge on any atom is -0.478 e. The first-order chi connectivity index (χ1) is 9.35. The number of rotatable bonds is 6. The smallest absolute Gasteiger partial charge is 0.328 e. The summed E-state index contributed by atoms with van der Waals surface area (Å²) >= 11 is 0. The lowest BCUT2D eigenvalue weighted by Gasteiger charge is -2.21. The van der Waals surface area contributed by atoms with Crippen LogP contribution in [0.15, 0.2) is 30.3 Å². The maximum absolute atomic E-state index is 11.8. The molecule has 1 amide bonds. The summed E-state index contributed by atoms with van der Waals surface area (Å²) in [5, 5.41) is 11.4. The molecule has 5 nitrogen and oxygen atoms in total. The van der Waals surface area contributed by atoms with Gasteiger partial charge < -0.3 is 15.2 Å². The molecule has 0 radical (unpaired) electrons. The molecule has 20 heavy (non-hydrogen) atoms. The molecule has 0 heterocycles. The summed E-state index contributed by atoms with van der Waals surface area (Å²) in [6, 6.07) is 7.28. The van der Waals surface area contributed by atoms with Gasteiger partial charge >= 0.3 is 5.97 Å². The molecule has 0 spiro atoms. The van der Waals surface area contributed by atoms with E-state index in [2.05, 4.69) is 5.32 Å². The number of carboxylic acid groups (broad SMARTS) is 1. The molecule has 0 aliphatic rings. The lowest BCUT2D eigenvalue weighted by molar-refractivity contribution is -0.139. The zero-order valence-corrected chi connectivity index (χ0v) is 11.8. The Balaban J connectivity index is 2.68. The predicted octanol–water partition coefficient (Wildman–Crippen LogP) is 1.83. The van der Waals surface area contributed by atoms with E-state index in [0.29, 0.717) is 6.54 Å². The van der Waals surface area contributed by atoms with Crippen molar-refractivity contribution in [3.8, 4) is 0 Å². The van der Waals surface area contributed by atoms with Gasteiger partial charge in [-0.2, -0.15) is 0 Å². The topological polar surface area (TPSA) is 75.6 Å². The Morgan fingerprint density at radius 2 is 2.10 bits per heavy atom. The van der Waals surface area contributed by atoms with E-state index in [-0.39, 0.29) is 5.91 Å². The molecule has 0 bridgehead atoms. The van der Waals surface area contributed by atoms with Crippen LogP contribution in [0.5, 0.6) is 0 Å². The maximum Gasteiger partial charge on any atom is 0.328 e. The second-order valence-electron chi connectivity index (χ2n) is 4.81. The number of nitrogens with one attached hydrogen (secondary N) is 1. The quantitative estimate of drug-likeness (QED) is 0.778. The van der Waals surface area contributed by atoms with Gasteiger partial charge in [0, 0.05) is 19.7 Å². The van der Waals surface area contributed by atoms with Gasteiger partial charge in [-0.1, -0.05) is 18.2 Å². The zero-order chi connectivity index (χ0) is 15.2. The average Bonchev–Trinajstić information content (AvgIpc) is 2.42. The van der Waals surface area contributed by atoms with Gasteiger partial charge in [0.25, 0.3) is 5.91 Å². The van der Waals surface area contributed by atoms with E-state index in [0.717, 1.165) is 17.2 Å². The van der Waals surface area contributed by atoms with E-state index in [9.17, 15) is 9.59 Å². The SMILES string of the molecule is COC(C)(C)C(=O)NCc1cccc(/C=C/C(=O)O)c1. The second kappa shape index (κ2) is 6.86. The normalized spacial score (nSPS) is 11.6. The van der Waals surface area contributed by atoms with Crippen molar-refractivity contribution >= 4 is 18.0 Å². The molecular weight excluding hydrogens is 258 g/mol. The lowest BCUT2D eigenvalue weighted by atomic mass is 10.1. The standard InChI is InChI=1S/C15H19NO4/c1-15(2,20-3)14(19)16-10-12-6-4-5-11(9-12)7-8-13(17)18/h4-9H,10H2,1-3H3,(H,16,19)(H,17,18)/b8-7+. The van der Waals surface area contributed by atoms with Crippen LogP contribution >= 0.6 is 0 Å². The predicted molar refractivity (Wildman–Crippen MR) is 76.0 cm³/mol. The molecule has 0 fully saturated rings. The van der Waals surface area contributed by atoms with Crippen molar-refractivity contribution in [2.24, 2.45) is 0 Å². The van der Waals surface area contributed by atoms with Crippen LogP contribution < -0.4 is 5.32 Å². The zero-order valence-electron chi connectivity index (χ0n) is 11.8. The van der Waals surface area contributed by atoms with Gasteiger partial charge in [-0.15, -0.1) is 0 Å². The highest BCUT2D eigenvalue weighted by molar-refractivity contribution is 5.85. The molecule has 0 atom stereocenters. The maximum atomic E-state index is 11.8. The molecule has 0 unspecified atom stereocenters. The van der Waals surface area contributed by atoms with Crippen molar-refractivity contribution in [1.29, 1.82) is 0 Å². The van der Waals surface area contributed by atoms with Crippen molar-refractivity contribution in [3.05, 3.63) is 41.5 Å². The summed E-state index contributed by atoms with van der Waals surface area (Å²) in [7, 11) is 1.48. The first-order valence-electron chi connectivity index (χ1n) is 6.18. The van der Waals surface area contributed by atoms with Gasteiger partial charge in [0.2, 0.25) is 0 Å². The monoisotopic (exact) mass is 277 g/mol. The number of ether oxygens (including phenoxy) is 1. The summed E-state index contributed by atoms with van der Waals surface area (Å²) in [5.74, 6) is -1.20. The van der Waals surface area contributed by atoms with Crippen LogP contribution in [0.25, 0.3) is 6.08 Å². The highest BCUT2D eigenvalue weighted by Crippen LogP contribution is 2.10. The molecule has 5 heteroatoms. The van der Waals surface area contributed by atoms with Gasteiger partial charge in [-0.3, -0.25) is 4.79 Å². The summed E-state index contributed by atoms with van der Waals surface area (Å²) in [6.45, 7) is 3.74. The number of methoxy groups -OCH3 is 1. The first kappa shape index (κ1) is 15.9. The minimum absolute atomic E-state index is 0.202.